The van der Waals surface area contributed by atoms with Crippen molar-refractivity contribution in [2.75, 3.05) is 19.6 Å². The molecule has 74 valence electrons. The molecule has 1 aliphatic heterocycles. The smallest absolute Gasteiger partial charge is 0.0252 e. The molecule has 0 aromatic heterocycles. The van der Waals surface area contributed by atoms with Gasteiger partial charge >= 0.3 is 0 Å². The zero-order valence-corrected chi connectivity index (χ0v) is 8.71. The quantitative estimate of drug-likeness (QED) is 0.613. The summed E-state index contributed by atoms with van der Waals surface area (Å²) in [6, 6.07) is 0.793. The van der Waals surface area contributed by atoms with Gasteiger partial charge in [0.1, 0.15) is 0 Å². The van der Waals surface area contributed by atoms with Crippen LogP contribution in [0.25, 0.3) is 0 Å². The molecule has 1 heterocycles. The van der Waals surface area contributed by atoms with E-state index in [0.29, 0.717) is 5.54 Å². The fourth-order valence-electron chi connectivity index (χ4n) is 2.39. The number of nitrogens with zero attached hydrogens (tertiary/aromatic N) is 1. The van der Waals surface area contributed by atoms with Gasteiger partial charge in [0.05, 0.1) is 0 Å². The predicted octanol–water partition coefficient (Wildman–Crippen LogP) is 1.39. The van der Waals surface area contributed by atoms with Crippen LogP contribution >= 0.6 is 0 Å². The molecule has 2 nitrogen and oxygen atoms in total. The third kappa shape index (κ3) is 2.12. The van der Waals surface area contributed by atoms with Gasteiger partial charge < -0.3 is 5.32 Å². The van der Waals surface area contributed by atoms with Crippen LogP contribution in [0, 0.1) is 0 Å². The highest BCUT2D eigenvalue weighted by molar-refractivity contribution is 5.01. The molecule has 1 fully saturated rings. The molecule has 2 rings (SSSR count). The summed E-state index contributed by atoms with van der Waals surface area (Å²) in [7, 11) is 0. The first-order valence-corrected chi connectivity index (χ1v) is 5.31. The first-order chi connectivity index (χ1) is 6.17. The van der Waals surface area contributed by atoms with Gasteiger partial charge in [-0.1, -0.05) is 12.2 Å². The van der Waals surface area contributed by atoms with E-state index in [4.69, 9.17) is 0 Å². The molecule has 0 aromatic carbocycles. The molecule has 1 saturated heterocycles. The lowest BCUT2D eigenvalue weighted by Crippen LogP contribution is -2.59. The Bertz CT molecular complexity index is 200. The summed E-state index contributed by atoms with van der Waals surface area (Å²) >= 11 is 0. The van der Waals surface area contributed by atoms with Gasteiger partial charge in [0.25, 0.3) is 0 Å². The van der Waals surface area contributed by atoms with Crippen molar-refractivity contribution in [2.45, 2.75) is 38.3 Å². The van der Waals surface area contributed by atoms with Crippen LogP contribution in [-0.4, -0.2) is 36.1 Å². The lowest BCUT2D eigenvalue weighted by molar-refractivity contribution is 0.114. The van der Waals surface area contributed by atoms with Gasteiger partial charge in [-0.3, -0.25) is 4.90 Å². The highest BCUT2D eigenvalue weighted by atomic mass is 15.2. The Morgan fingerprint density at radius 1 is 1.31 bits per heavy atom. The standard InChI is InChI=1S/C11H20N2/c1-11(2)9-13(8-7-12-11)10-5-3-4-6-10/h3-4,10,12H,5-9H2,1-2H3. The highest BCUT2D eigenvalue weighted by Crippen LogP contribution is 2.21. The first-order valence-electron chi connectivity index (χ1n) is 5.31. The van der Waals surface area contributed by atoms with Crippen LogP contribution in [0.3, 0.4) is 0 Å². The Labute approximate surface area is 81.0 Å². The van der Waals surface area contributed by atoms with Crippen molar-refractivity contribution in [1.29, 1.82) is 0 Å². The van der Waals surface area contributed by atoms with E-state index in [0.717, 1.165) is 12.6 Å². The Balaban J connectivity index is 1.92. The molecule has 0 spiro atoms. The maximum Gasteiger partial charge on any atom is 0.0252 e. The Kier molecular flexibility index (Phi) is 2.43. The topological polar surface area (TPSA) is 15.3 Å². The highest BCUT2D eigenvalue weighted by Gasteiger charge is 2.29. The Hall–Kier alpha value is -0.340. The Morgan fingerprint density at radius 3 is 2.62 bits per heavy atom. The molecule has 0 aromatic rings. The summed E-state index contributed by atoms with van der Waals surface area (Å²) in [5.74, 6) is 0. The van der Waals surface area contributed by atoms with Crippen molar-refractivity contribution in [1.82, 2.24) is 10.2 Å². The molecule has 13 heavy (non-hydrogen) atoms. The minimum absolute atomic E-state index is 0.306. The summed E-state index contributed by atoms with van der Waals surface area (Å²) in [6.45, 7) is 8.14. The van der Waals surface area contributed by atoms with E-state index in [9.17, 15) is 0 Å². The number of piperazine rings is 1. The number of hydrogen-bond acceptors (Lipinski definition) is 2. The maximum atomic E-state index is 3.55. The molecule has 1 N–H and O–H groups in total. The van der Waals surface area contributed by atoms with E-state index < -0.39 is 0 Å². The van der Waals surface area contributed by atoms with E-state index in [1.54, 1.807) is 0 Å². The predicted molar refractivity (Wildman–Crippen MR) is 55.8 cm³/mol. The second-order valence-corrected chi connectivity index (χ2v) is 4.88. The Morgan fingerprint density at radius 2 is 2.00 bits per heavy atom. The molecule has 0 bridgehead atoms. The van der Waals surface area contributed by atoms with Gasteiger partial charge in [-0.25, -0.2) is 0 Å². The van der Waals surface area contributed by atoms with Crippen LogP contribution < -0.4 is 5.32 Å². The van der Waals surface area contributed by atoms with E-state index >= 15 is 0 Å². The molecule has 1 aliphatic carbocycles. The van der Waals surface area contributed by atoms with Crippen molar-refractivity contribution in [3.63, 3.8) is 0 Å². The summed E-state index contributed by atoms with van der Waals surface area (Å²) < 4.78 is 0. The van der Waals surface area contributed by atoms with Crippen LogP contribution in [0.5, 0.6) is 0 Å². The average molecular weight is 180 g/mol. The molecule has 0 saturated carbocycles. The second kappa shape index (κ2) is 3.43. The van der Waals surface area contributed by atoms with Crippen LogP contribution in [0.4, 0.5) is 0 Å². The van der Waals surface area contributed by atoms with Crippen LogP contribution in [-0.2, 0) is 0 Å². The minimum Gasteiger partial charge on any atom is -0.309 e. The van der Waals surface area contributed by atoms with Crippen molar-refractivity contribution in [3.05, 3.63) is 12.2 Å². The first kappa shape index (κ1) is 9.22. The molecule has 0 radical (unpaired) electrons. The fraction of sp³-hybridized carbons (Fsp3) is 0.818. The molecular weight excluding hydrogens is 160 g/mol. The van der Waals surface area contributed by atoms with Crippen molar-refractivity contribution >= 4 is 0 Å². The second-order valence-electron chi connectivity index (χ2n) is 4.88. The van der Waals surface area contributed by atoms with Crippen molar-refractivity contribution < 1.29 is 0 Å². The molecule has 0 atom stereocenters. The van der Waals surface area contributed by atoms with Crippen LogP contribution in [0.2, 0.25) is 0 Å². The fourth-order valence-corrected chi connectivity index (χ4v) is 2.39. The summed E-state index contributed by atoms with van der Waals surface area (Å²) in [4.78, 5) is 2.64. The van der Waals surface area contributed by atoms with Gasteiger partial charge in [0.2, 0.25) is 0 Å². The number of hydrogen-bond donors (Lipinski definition) is 1. The largest absolute Gasteiger partial charge is 0.309 e. The van der Waals surface area contributed by atoms with Crippen LogP contribution in [0.1, 0.15) is 26.7 Å². The van der Waals surface area contributed by atoms with Crippen molar-refractivity contribution in [3.8, 4) is 0 Å². The van der Waals surface area contributed by atoms with E-state index in [2.05, 4.69) is 36.2 Å². The molecule has 0 unspecified atom stereocenters. The third-order valence-electron chi connectivity index (χ3n) is 3.10. The zero-order valence-electron chi connectivity index (χ0n) is 8.71. The molecule has 0 amide bonds. The average Bonchev–Trinajstić information content (AvgIpc) is 2.53. The molecule has 2 aliphatic rings. The van der Waals surface area contributed by atoms with Gasteiger partial charge in [-0.2, -0.15) is 0 Å². The summed E-state index contributed by atoms with van der Waals surface area (Å²) in [5.41, 5.74) is 0.306. The SMILES string of the molecule is CC1(C)CN(C2CC=CC2)CCN1. The van der Waals surface area contributed by atoms with Gasteiger partial charge in [-0.05, 0) is 26.7 Å². The lowest BCUT2D eigenvalue weighted by Gasteiger charge is -2.42. The van der Waals surface area contributed by atoms with Gasteiger partial charge in [0.15, 0.2) is 0 Å². The summed E-state index contributed by atoms with van der Waals surface area (Å²) in [6.07, 6.45) is 7.16. The van der Waals surface area contributed by atoms with Gasteiger partial charge in [-0.15, -0.1) is 0 Å². The zero-order chi connectivity index (χ0) is 9.31. The number of nitrogens with one attached hydrogen (secondary N) is 1. The minimum atomic E-state index is 0.306. The van der Waals surface area contributed by atoms with E-state index in [-0.39, 0.29) is 0 Å². The van der Waals surface area contributed by atoms with Crippen LogP contribution in [0.15, 0.2) is 12.2 Å². The van der Waals surface area contributed by atoms with Gasteiger partial charge in [0, 0.05) is 31.2 Å². The molecular formula is C11H20N2. The maximum absolute atomic E-state index is 3.55. The normalized spacial score (nSPS) is 29.7. The van der Waals surface area contributed by atoms with E-state index in [1.807, 2.05) is 0 Å². The summed E-state index contributed by atoms with van der Waals surface area (Å²) in [5, 5.41) is 3.55. The lowest BCUT2D eigenvalue weighted by atomic mass is 10.00. The number of rotatable bonds is 1. The monoisotopic (exact) mass is 180 g/mol. The third-order valence-corrected chi connectivity index (χ3v) is 3.10. The van der Waals surface area contributed by atoms with Crippen molar-refractivity contribution in [2.24, 2.45) is 0 Å². The van der Waals surface area contributed by atoms with E-state index in [1.165, 1.54) is 25.9 Å². The molecule has 2 heteroatoms.